The molecule has 1 heterocycles. The molecule has 0 amide bonds. The molecular formula is C15H8Cl2N2O2. The highest BCUT2D eigenvalue weighted by atomic mass is 35.5. The molecular weight excluding hydrogens is 311 g/mol. The normalized spacial score (nSPS) is 14.2. The number of nitrogens with zero attached hydrogens (tertiary/aromatic N) is 1. The molecule has 1 aromatic heterocycles. The summed E-state index contributed by atoms with van der Waals surface area (Å²) in [6, 6.07) is 9.87. The van der Waals surface area contributed by atoms with Gasteiger partial charge in [0, 0.05) is 16.9 Å². The number of rotatable bonds is 2. The van der Waals surface area contributed by atoms with Crippen LogP contribution in [0.1, 0.15) is 20.8 Å². The zero-order valence-electron chi connectivity index (χ0n) is 10.6. The van der Waals surface area contributed by atoms with Crippen molar-refractivity contribution >= 4 is 40.5 Å². The fraction of sp³-hybridized carbons (Fsp3) is 0. The predicted octanol–water partition coefficient (Wildman–Crippen LogP) is 3.68. The summed E-state index contributed by atoms with van der Waals surface area (Å²) in [5.74, 6) is -0.832. The van der Waals surface area contributed by atoms with E-state index in [2.05, 4.69) is 10.3 Å². The lowest BCUT2D eigenvalue weighted by Crippen LogP contribution is -2.25. The molecule has 0 aliphatic heterocycles. The van der Waals surface area contributed by atoms with E-state index in [1.54, 1.807) is 36.4 Å². The Morgan fingerprint density at radius 1 is 0.952 bits per heavy atom. The molecule has 1 aliphatic carbocycles. The second kappa shape index (κ2) is 5.31. The number of anilines is 1. The van der Waals surface area contributed by atoms with Crippen LogP contribution in [0, 0.1) is 0 Å². The van der Waals surface area contributed by atoms with Crippen molar-refractivity contribution in [2.24, 2.45) is 0 Å². The van der Waals surface area contributed by atoms with Gasteiger partial charge in [-0.15, -0.1) is 0 Å². The Morgan fingerprint density at radius 2 is 1.67 bits per heavy atom. The minimum Gasteiger partial charge on any atom is -0.351 e. The smallest absolute Gasteiger partial charge is 0.225 e. The molecule has 1 aliphatic rings. The average molecular weight is 319 g/mol. The minimum absolute atomic E-state index is 0.0458. The van der Waals surface area contributed by atoms with Crippen LogP contribution in [-0.2, 0) is 0 Å². The van der Waals surface area contributed by atoms with Gasteiger partial charge in [-0.3, -0.25) is 14.6 Å². The van der Waals surface area contributed by atoms with Gasteiger partial charge in [-0.2, -0.15) is 0 Å². The zero-order chi connectivity index (χ0) is 15.0. The van der Waals surface area contributed by atoms with E-state index in [1.165, 1.54) is 6.20 Å². The predicted molar refractivity (Wildman–Crippen MR) is 80.9 cm³/mol. The summed E-state index contributed by atoms with van der Waals surface area (Å²) in [5, 5.41) is 3.27. The maximum Gasteiger partial charge on any atom is 0.225 e. The highest BCUT2D eigenvalue weighted by Gasteiger charge is 2.32. The number of pyridine rings is 1. The van der Waals surface area contributed by atoms with Crippen molar-refractivity contribution in [2.75, 3.05) is 5.32 Å². The second-order valence-corrected chi connectivity index (χ2v) is 5.19. The number of hydrogen-bond donors (Lipinski definition) is 1. The Morgan fingerprint density at radius 3 is 2.38 bits per heavy atom. The number of nitrogens with one attached hydrogen (secondary N) is 1. The SMILES string of the molecule is O=C1C(Nc2ccc(Cl)cc2)=C(Cl)C(=O)c2ncccc21. The molecule has 0 spiro atoms. The van der Waals surface area contributed by atoms with E-state index in [0.717, 1.165) is 0 Å². The molecule has 2 aromatic rings. The largest absolute Gasteiger partial charge is 0.351 e. The van der Waals surface area contributed by atoms with Crippen LogP contribution in [0.5, 0.6) is 0 Å². The van der Waals surface area contributed by atoms with Gasteiger partial charge in [-0.1, -0.05) is 23.2 Å². The summed E-state index contributed by atoms with van der Waals surface area (Å²) in [6.45, 7) is 0. The number of aromatic nitrogens is 1. The summed E-state index contributed by atoms with van der Waals surface area (Å²) in [7, 11) is 0. The highest BCUT2D eigenvalue weighted by Crippen LogP contribution is 2.28. The zero-order valence-corrected chi connectivity index (χ0v) is 12.1. The molecule has 6 heteroatoms. The van der Waals surface area contributed by atoms with Gasteiger partial charge < -0.3 is 5.32 Å². The van der Waals surface area contributed by atoms with Crippen molar-refractivity contribution in [3.63, 3.8) is 0 Å². The molecule has 3 rings (SSSR count). The van der Waals surface area contributed by atoms with Crippen LogP contribution >= 0.6 is 23.2 Å². The van der Waals surface area contributed by atoms with Gasteiger partial charge in [-0.05, 0) is 36.4 Å². The first-order chi connectivity index (χ1) is 10.1. The van der Waals surface area contributed by atoms with Crippen LogP contribution in [0.25, 0.3) is 0 Å². The van der Waals surface area contributed by atoms with Crippen LogP contribution in [-0.4, -0.2) is 16.6 Å². The number of ketones is 2. The first-order valence-electron chi connectivity index (χ1n) is 6.04. The van der Waals surface area contributed by atoms with Crippen molar-refractivity contribution in [3.05, 3.63) is 69.6 Å². The summed E-state index contributed by atoms with van der Waals surface area (Å²) >= 11 is 11.8. The fourth-order valence-electron chi connectivity index (χ4n) is 2.01. The number of fused-ring (bicyclic) bond motifs is 1. The third-order valence-electron chi connectivity index (χ3n) is 3.03. The molecule has 1 aromatic carbocycles. The first kappa shape index (κ1) is 13.8. The van der Waals surface area contributed by atoms with Gasteiger partial charge in [0.1, 0.15) is 16.4 Å². The average Bonchev–Trinajstić information content (AvgIpc) is 2.51. The Kier molecular flexibility index (Phi) is 3.49. The summed E-state index contributed by atoms with van der Waals surface area (Å²) < 4.78 is 0. The van der Waals surface area contributed by atoms with E-state index < -0.39 is 5.78 Å². The Hall–Kier alpha value is -2.17. The highest BCUT2D eigenvalue weighted by molar-refractivity contribution is 6.50. The van der Waals surface area contributed by atoms with E-state index in [4.69, 9.17) is 23.2 Å². The van der Waals surface area contributed by atoms with Crippen LogP contribution < -0.4 is 5.32 Å². The number of hydrogen-bond acceptors (Lipinski definition) is 4. The monoisotopic (exact) mass is 318 g/mol. The van der Waals surface area contributed by atoms with E-state index >= 15 is 0 Å². The van der Waals surface area contributed by atoms with Gasteiger partial charge in [0.25, 0.3) is 0 Å². The standard InChI is InChI=1S/C15H8Cl2N2O2/c16-8-3-5-9(6-4-8)19-13-11(17)15(21)12-10(14(13)20)2-1-7-18-12/h1-7,19H. The van der Waals surface area contributed by atoms with E-state index in [0.29, 0.717) is 10.7 Å². The maximum absolute atomic E-state index is 12.4. The minimum atomic E-state index is -0.469. The lowest BCUT2D eigenvalue weighted by atomic mass is 9.97. The lowest BCUT2D eigenvalue weighted by Gasteiger charge is -2.18. The van der Waals surface area contributed by atoms with Gasteiger partial charge in [0.05, 0.1) is 5.56 Å². The van der Waals surface area contributed by atoms with E-state index in [1.807, 2.05) is 0 Å². The molecule has 0 saturated heterocycles. The van der Waals surface area contributed by atoms with Gasteiger partial charge in [-0.25, -0.2) is 0 Å². The van der Waals surface area contributed by atoms with Crippen molar-refractivity contribution in [2.45, 2.75) is 0 Å². The summed E-state index contributed by atoms with van der Waals surface area (Å²) in [6.07, 6.45) is 1.45. The maximum atomic E-state index is 12.4. The molecule has 4 nitrogen and oxygen atoms in total. The Balaban J connectivity index is 2.02. The van der Waals surface area contributed by atoms with Crippen molar-refractivity contribution in [3.8, 4) is 0 Å². The van der Waals surface area contributed by atoms with E-state index in [9.17, 15) is 9.59 Å². The summed E-state index contributed by atoms with van der Waals surface area (Å²) in [5.41, 5.74) is 0.975. The van der Waals surface area contributed by atoms with Gasteiger partial charge in [0.2, 0.25) is 11.6 Å². The van der Waals surface area contributed by atoms with E-state index in [-0.39, 0.29) is 27.8 Å². The fourth-order valence-corrected chi connectivity index (χ4v) is 2.36. The number of Topliss-reactive ketones (excluding diaryl/α,β-unsaturated/α-hetero) is 2. The molecule has 0 bridgehead atoms. The van der Waals surface area contributed by atoms with Crippen molar-refractivity contribution in [1.82, 2.24) is 4.98 Å². The number of halogens is 2. The molecule has 0 atom stereocenters. The number of allylic oxidation sites excluding steroid dienone is 2. The van der Waals surface area contributed by atoms with Crippen LogP contribution in [0.3, 0.4) is 0 Å². The molecule has 0 fully saturated rings. The molecule has 1 N–H and O–H groups in total. The van der Waals surface area contributed by atoms with Crippen LogP contribution in [0.2, 0.25) is 5.02 Å². The van der Waals surface area contributed by atoms with Crippen molar-refractivity contribution in [1.29, 1.82) is 0 Å². The molecule has 21 heavy (non-hydrogen) atoms. The van der Waals surface area contributed by atoms with Crippen LogP contribution in [0.4, 0.5) is 5.69 Å². The van der Waals surface area contributed by atoms with Gasteiger partial charge in [0.15, 0.2) is 0 Å². The third kappa shape index (κ3) is 2.44. The Labute approximate surface area is 130 Å². The van der Waals surface area contributed by atoms with Crippen molar-refractivity contribution < 1.29 is 9.59 Å². The first-order valence-corrected chi connectivity index (χ1v) is 6.80. The molecule has 0 radical (unpaired) electrons. The quantitative estimate of drug-likeness (QED) is 0.917. The third-order valence-corrected chi connectivity index (χ3v) is 3.64. The number of carbonyl (C=O) groups is 2. The van der Waals surface area contributed by atoms with Gasteiger partial charge >= 0.3 is 0 Å². The topological polar surface area (TPSA) is 59.1 Å². The number of carbonyl (C=O) groups excluding carboxylic acids is 2. The number of benzene rings is 1. The molecule has 0 unspecified atom stereocenters. The molecule has 0 saturated carbocycles. The van der Waals surface area contributed by atoms with Crippen LogP contribution in [0.15, 0.2) is 53.3 Å². The lowest BCUT2D eigenvalue weighted by molar-refractivity contribution is 0.0978. The Bertz CT molecular complexity index is 783. The summed E-state index contributed by atoms with van der Waals surface area (Å²) in [4.78, 5) is 28.5. The second-order valence-electron chi connectivity index (χ2n) is 4.38. The molecule has 104 valence electrons.